The molecule has 0 amide bonds. The van der Waals surface area contributed by atoms with Crippen LogP contribution in [-0.4, -0.2) is 22.9 Å². The van der Waals surface area contributed by atoms with E-state index in [2.05, 4.69) is 39.6 Å². The van der Waals surface area contributed by atoms with Gasteiger partial charge in [-0.25, -0.2) is 0 Å². The van der Waals surface area contributed by atoms with E-state index in [4.69, 9.17) is 0 Å². The summed E-state index contributed by atoms with van der Waals surface area (Å²) < 4.78 is 1.84. The molecule has 4 nitrogen and oxygen atoms in total. The number of hydrogen-bond donors (Lipinski definition) is 1. The van der Waals surface area contributed by atoms with Crippen molar-refractivity contribution < 1.29 is 0 Å². The van der Waals surface area contributed by atoms with Gasteiger partial charge in [-0.15, -0.1) is 0 Å². The van der Waals surface area contributed by atoms with Crippen LogP contribution in [0.3, 0.4) is 0 Å². The van der Waals surface area contributed by atoms with Crippen molar-refractivity contribution in [3.05, 3.63) is 47.8 Å². The molecule has 0 unspecified atom stereocenters. The molecule has 1 aromatic heterocycles. The van der Waals surface area contributed by atoms with Crippen LogP contribution in [0.2, 0.25) is 0 Å². The first kappa shape index (κ1) is 13.2. The Bertz CT molecular complexity index is 538. The number of nitrogens with zero attached hydrogens (tertiary/aromatic N) is 3. The Morgan fingerprint density at radius 1 is 1.05 bits per heavy atom. The van der Waals surface area contributed by atoms with Crippen LogP contribution in [0, 0.1) is 0 Å². The number of rotatable bonds is 5. The molecule has 1 aliphatic rings. The third kappa shape index (κ3) is 3.20. The second-order valence-electron chi connectivity index (χ2n) is 5.49. The highest BCUT2D eigenvalue weighted by Crippen LogP contribution is 2.20. The zero-order valence-electron chi connectivity index (χ0n) is 12.0. The number of anilines is 1. The van der Waals surface area contributed by atoms with Crippen molar-refractivity contribution in [2.75, 3.05) is 18.0 Å². The smallest absolute Gasteiger partial charge is 0.0534 e. The lowest BCUT2D eigenvalue weighted by Gasteiger charge is -2.17. The monoisotopic (exact) mass is 270 g/mol. The lowest BCUT2D eigenvalue weighted by atomic mass is 10.2. The van der Waals surface area contributed by atoms with E-state index in [0.717, 1.165) is 13.1 Å². The molecular formula is C16H22N4. The Morgan fingerprint density at radius 3 is 2.40 bits per heavy atom. The highest BCUT2D eigenvalue weighted by molar-refractivity contribution is 5.48. The first-order valence-electron chi connectivity index (χ1n) is 7.33. The molecule has 0 aliphatic carbocycles. The molecule has 2 heterocycles. The van der Waals surface area contributed by atoms with Gasteiger partial charge >= 0.3 is 0 Å². The number of nitrogens with one attached hydrogen (secondary N) is 1. The van der Waals surface area contributed by atoms with Crippen LogP contribution < -0.4 is 10.2 Å². The predicted octanol–water partition coefficient (Wildman–Crippen LogP) is 2.31. The van der Waals surface area contributed by atoms with Gasteiger partial charge in [-0.1, -0.05) is 12.1 Å². The normalized spacial score (nSPS) is 14.9. The zero-order valence-corrected chi connectivity index (χ0v) is 12.0. The van der Waals surface area contributed by atoms with E-state index < -0.39 is 0 Å². The molecule has 2 aromatic rings. The second kappa shape index (κ2) is 6.09. The molecule has 106 valence electrons. The molecule has 1 saturated heterocycles. The minimum absolute atomic E-state index is 0.863. The van der Waals surface area contributed by atoms with Gasteiger partial charge in [-0.05, 0) is 30.5 Å². The predicted molar refractivity (Wildman–Crippen MR) is 81.6 cm³/mol. The van der Waals surface area contributed by atoms with E-state index in [1.807, 2.05) is 24.1 Å². The van der Waals surface area contributed by atoms with Gasteiger partial charge < -0.3 is 10.2 Å². The van der Waals surface area contributed by atoms with Crippen molar-refractivity contribution in [3.8, 4) is 0 Å². The average Bonchev–Trinajstić information content (AvgIpc) is 3.11. The molecule has 0 spiro atoms. The van der Waals surface area contributed by atoms with Gasteiger partial charge in [0, 0.05) is 50.7 Å². The standard InChI is InChI=1S/C16H22N4/c1-19-13-15(12-18-19)11-17-10-14-4-6-16(7-5-14)20-8-2-3-9-20/h4-7,12-13,17H,2-3,8-11H2,1H3. The van der Waals surface area contributed by atoms with Crippen LogP contribution in [-0.2, 0) is 20.1 Å². The number of aryl methyl sites for hydroxylation is 1. The molecule has 1 N–H and O–H groups in total. The van der Waals surface area contributed by atoms with Crippen LogP contribution in [0.1, 0.15) is 24.0 Å². The van der Waals surface area contributed by atoms with E-state index in [-0.39, 0.29) is 0 Å². The maximum absolute atomic E-state index is 4.17. The van der Waals surface area contributed by atoms with Crippen molar-refractivity contribution in [2.45, 2.75) is 25.9 Å². The minimum Gasteiger partial charge on any atom is -0.372 e. The number of aromatic nitrogens is 2. The Kier molecular flexibility index (Phi) is 4.02. The SMILES string of the molecule is Cn1cc(CNCc2ccc(N3CCCC3)cc2)cn1. The Morgan fingerprint density at radius 2 is 1.75 bits per heavy atom. The maximum Gasteiger partial charge on any atom is 0.0534 e. The summed E-state index contributed by atoms with van der Waals surface area (Å²) in [5.74, 6) is 0. The number of hydrogen-bond acceptors (Lipinski definition) is 3. The van der Waals surface area contributed by atoms with Crippen LogP contribution in [0.15, 0.2) is 36.7 Å². The summed E-state index contributed by atoms with van der Waals surface area (Å²) in [6.07, 6.45) is 6.61. The molecule has 1 aliphatic heterocycles. The van der Waals surface area contributed by atoms with Gasteiger partial charge in [0.15, 0.2) is 0 Å². The second-order valence-corrected chi connectivity index (χ2v) is 5.49. The van der Waals surface area contributed by atoms with Gasteiger partial charge in [0.1, 0.15) is 0 Å². The van der Waals surface area contributed by atoms with E-state index in [1.165, 1.54) is 42.7 Å². The van der Waals surface area contributed by atoms with Crippen LogP contribution in [0.4, 0.5) is 5.69 Å². The third-order valence-electron chi connectivity index (χ3n) is 3.82. The minimum atomic E-state index is 0.863. The van der Waals surface area contributed by atoms with E-state index in [1.54, 1.807) is 0 Å². The highest BCUT2D eigenvalue weighted by atomic mass is 15.2. The van der Waals surface area contributed by atoms with Crippen molar-refractivity contribution in [1.82, 2.24) is 15.1 Å². The molecular weight excluding hydrogens is 248 g/mol. The van der Waals surface area contributed by atoms with Crippen molar-refractivity contribution in [3.63, 3.8) is 0 Å². The molecule has 1 fully saturated rings. The zero-order chi connectivity index (χ0) is 13.8. The molecule has 0 atom stereocenters. The van der Waals surface area contributed by atoms with Crippen molar-refractivity contribution >= 4 is 5.69 Å². The highest BCUT2D eigenvalue weighted by Gasteiger charge is 2.11. The van der Waals surface area contributed by atoms with Gasteiger partial charge in [-0.3, -0.25) is 4.68 Å². The Balaban J connectivity index is 1.50. The van der Waals surface area contributed by atoms with E-state index in [9.17, 15) is 0 Å². The fourth-order valence-corrected chi connectivity index (χ4v) is 2.71. The average molecular weight is 270 g/mol. The molecule has 1 aromatic carbocycles. The van der Waals surface area contributed by atoms with E-state index >= 15 is 0 Å². The third-order valence-corrected chi connectivity index (χ3v) is 3.82. The summed E-state index contributed by atoms with van der Waals surface area (Å²) in [6.45, 7) is 4.17. The molecule has 20 heavy (non-hydrogen) atoms. The Labute approximate surface area is 120 Å². The number of benzene rings is 1. The lowest BCUT2D eigenvalue weighted by molar-refractivity contribution is 0.692. The summed E-state index contributed by atoms with van der Waals surface area (Å²) in [5.41, 5.74) is 3.91. The largest absolute Gasteiger partial charge is 0.372 e. The molecule has 3 rings (SSSR count). The molecule has 0 saturated carbocycles. The lowest BCUT2D eigenvalue weighted by Crippen LogP contribution is -2.17. The summed E-state index contributed by atoms with van der Waals surface area (Å²) >= 11 is 0. The van der Waals surface area contributed by atoms with Crippen molar-refractivity contribution in [2.24, 2.45) is 7.05 Å². The first-order chi connectivity index (χ1) is 9.81. The van der Waals surface area contributed by atoms with Crippen LogP contribution in [0.25, 0.3) is 0 Å². The molecule has 0 bridgehead atoms. The quantitative estimate of drug-likeness (QED) is 0.905. The fourth-order valence-electron chi connectivity index (χ4n) is 2.71. The van der Waals surface area contributed by atoms with Gasteiger partial charge in [0.05, 0.1) is 6.20 Å². The summed E-state index contributed by atoms with van der Waals surface area (Å²) in [4.78, 5) is 2.47. The Hall–Kier alpha value is -1.81. The molecule has 4 heteroatoms. The summed E-state index contributed by atoms with van der Waals surface area (Å²) in [6, 6.07) is 8.94. The maximum atomic E-state index is 4.17. The summed E-state index contributed by atoms with van der Waals surface area (Å²) in [7, 11) is 1.95. The van der Waals surface area contributed by atoms with Crippen LogP contribution in [0.5, 0.6) is 0 Å². The van der Waals surface area contributed by atoms with Crippen LogP contribution >= 0.6 is 0 Å². The van der Waals surface area contributed by atoms with Crippen molar-refractivity contribution in [1.29, 1.82) is 0 Å². The van der Waals surface area contributed by atoms with E-state index in [0.29, 0.717) is 0 Å². The fraction of sp³-hybridized carbons (Fsp3) is 0.438. The topological polar surface area (TPSA) is 33.1 Å². The van der Waals surface area contributed by atoms with Gasteiger partial charge in [0.2, 0.25) is 0 Å². The first-order valence-corrected chi connectivity index (χ1v) is 7.33. The van der Waals surface area contributed by atoms with Gasteiger partial charge in [0.25, 0.3) is 0 Å². The molecule has 0 radical (unpaired) electrons. The van der Waals surface area contributed by atoms with Gasteiger partial charge in [-0.2, -0.15) is 5.10 Å². The summed E-state index contributed by atoms with van der Waals surface area (Å²) in [5, 5.41) is 7.62.